The van der Waals surface area contributed by atoms with Crippen molar-refractivity contribution in [3.05, 3.63) is 0 Å². The van der Waals surface area contributed by atoms with E-state index in [9.17, 15) is 0 Å². The summed E-state index contributed by atoms with van der Waals surface area (Å²) in [6.45, 7) is 3.61. The molecule has 2 atom stereocenters. The van der Waals surface area contributed by atoms with Crippen molar-refractivity contribution in [1.82, 2.24) is 0 Å². The predicted molar refractivity (Wildman–Crippen MR) is 31.0 cm³/mol. The van der Waals surface area contributed by atoms with Crippen LogP contribution in [0.25, 0.3) is 0 Å². The Kier molecular flexibility index (Phi) is 3.77. The molecule has 0 aromatic carbocycles. The van der Waals surface area contributed by atoms with Gasteiger partial charge in [-0.1, -0.05) is 6.92 Å². The summed E-state index contributed by atoms with van der Waals surface area (Å²) in [4.78, 5) is 4.35. The van der Waals surface area contributed by atoms with Crippen molar-refractivity contribution in [3.63, 3.8) is 0 Å². The van der Waals surface area contributed by atoms with Gasteiger partial charge in [-0.05, 0) is 13.3 Å². The molecule has 0 spiro atoms. The minimum absolute atomic E-state index is 0.250. The lowest BCUT2D eigenvalue weighted by molar-refractivity contribution is -0.0290. The molecular formula is C5H13NO2. The first kappa shape index (κ1) is 7.88. The van der Waals surface area contributed by atoms with Crippen LogP contribution >= 0.6 is 0 Å². The van der Waals surface area contributed by atoms with Crippen LogP contribution in [0.4, 0.5) is 0 Å². The van der Waals surface area contributed by atoms with E-state index in [0.29, 0.717) is 6.42 Å². The molecule has 3 N–H and O–H groups in total. The Bertz CT molecular complexity index is 50.4. The summed E-state index contributed by atoms with van der Waals surface area (Å²) in [5.41, 5.74) is 0. The van der Waals surface area contributed by atoms with E-state index in [1.807, 2.05) is 6.92 Å². The van der Waals surface area contributed by atoms with Gasteiger partial charge in [-0.15, -0.1) is 0 Å². The zero-order chi connectivity index (χ0) is 6.57. The van der Waals surface area contributed by atoms with Crippen molar-refractivity contribution in [1.29, 1.82) is 0 Å². The van der Waals surface area contributed by atoms with Crippen LogP contribution in [-0.4, -0.2) is 17.3 Å². The van der Waals surface area contributed by atoms with E-state index in [2.05, 4.69) is 4.84 Å². The molecule has 0 bridgehead atoms. The number of aliphatic hydroxyl groups is 1. The molecule has 0 saturated heterocycles. The fourth-order valence-electron chi connectivity index (χ4n) is 0.423. The lowest BCUT2D eigenvalue weighted by Crippen LogP contribution is -2.27. The van der Waals surface area contributed by atoms with Crippen LogP contribution in [0.3, 0.4) is 0 Å². The molecule has 0 aromatic heterocycles. The summed E-state index contributed by atoms with van der Waals surface area (Å²) < 4.78 is 0. The Morgan fingerprint density at radius 1 is 1.75 bits per heavy atom. The van der Waals surface area contributed by atoms with Gasteiger partial charge < -0.3 is 5.11 Å². The SMILES string of the molecule is CC[C@H](O)[C@@H](C)ON. The smallest absolute Gasteiger partial charge is 0.102 e. The summed E-state index contributed by atoms with van der Waals surface area (Å²) in [6.07, 6.45) is -0.00162. The Hall–Kier alpha value is -0.120. The summed E-state index contributed by atoms with van der Waals surface area (Å²) in [5.74, 6) is 4.79. The monoisotopic (exact) mass is 119 g/mol. The maximum Gasteiger partial charge on any atom is 0.102 e. The third-order valence-corrected chi connectivity index (χ3v) is 1.17. The zero-order valence-electron chi connectivity index (χ0n) is 5.29. The Morgan fingerprint density at radius 2 is 2.25 bits per heavy atom. The molecule has 50 valence electrons. The van der Waals surface area contributed by atoms with E-state index in [1.54, 1.807) is 6.92 Å². The highest BCUT2D eigenvalue weighted by Crippen LogP contribution is 1.98. The molecule has 0 aliphatic rings. The van der Waals surface area contributed by atoms with Crippen molar-refractivity contribution in [2.24, 2.45) is 5.90 Å². The van der Waals surface area contributed by atoms with Crippen LogP contribution in [0, 0.1) is 0 Å². The van der Waals surface area contributed by atoms with Gasteiger partial charge in [0.05, 0.1) is 6.10 Å². The van der Waals surface area contributed by atoms with Crippen LogP contribution in [0.1, 0.15) is 20.3 Å². The van der Waals surface area contributed by atoms with Crippen molar-refractivity contribution in [2.75, 3.05) is 0 Å². The molecular weight excluding hydrogens is 106 g/mol. The molecule has 0 amide bonds. The number of nitrogens with two attached hydrogens (primary N) is 1. The molecule has 0 aromatic rings. The van der Waals surface area contributed by atoms with Crippen molar-refractivity contribution in [3.8, 4) is 0 Å². The third-order valence-electron chi connectivity index (χ3n) is 1.17. The van der Waals surface area contributed by atoms with E-state index < -0.39 is 6.10 Å². The maximum atomic E-state index is 8.92. The quantitative estimate of drug-likeness (QED) is 0.515. The molecule has 8 heavy (non-hydrogen) atoms. The van der Waals surface area contributed by atoms with Gasteiger partial charge in [-0.3, -0.25) is 4.84 Å². The van der Waals surface area contributed by atoms with Crippen LogP contribution in [0.2, 0.25) is 0 Å². The van der Waals surface area contributed by atoms with E-state index >= 15 is 0 Å². The molecule has 0 saturated carbocycles. The first-order valence-corrected chi connectivity index (χ1v) is 2.76. The summed E-state index contributed by atoms with van der Waals surface area (Å²) in [7, 11) is 0. The summed E-state index contributed by atoms with van der Waals surface area (Å²) in [5, 5.41) is 8.92. The maximum absolute atomic E-state index is 8.92. The zero-order valence-corrected chi connectivity index (χ0v) is 5.29. The van der Waals surface area contributed by atoms with Crippen LogP contribution in [0.5, 0.6) is 0 Å². The molecule has 0 radical (unpaired) electrons. The largest absolute Gasteiger partial charge is 0.390 e. The fourth-order valence-corrected chi connectivity index (χ4v) is 0.423. The van der Waals surface area contributed by atoms with Crippen molar-refractivity contribution >= 4 is 0 Å². The molecule has 3 heteroatoms. The highest BCUT2D eigenvalue weighted by molar-refractivity contribution is 4.58. The van der Waals surface area contributed by atoms with Crippen LogP contribution in [-0.2, 0) is 4.84 Å². The first-order chi connectivity index (χ1) is 3.72. The Balaban J connectivity index is 3.29. The number of aliphatic hydroxyl groups excluding tert-OH is 1. The highest BCUT2D eigenvalue weighted by atomic mass is 16.6. The number of hydrogen-bond acceptors (Lipinski definition) is 3. The molecule has 0 aliphatic carbocycles. The van der Waals surface area contributed by atoms with Gasteiger partial charge in [0.1, 0.15) is 6.10 Å². The second kappa shape index (κ2) is 3.83. The second-order valence-electron chi connectivity index (χ2n) is 1.82. The van der Waals surface area contributed by atoms with Gasteiger partial charge in [0.15, 0.2) is 0 Å². The summed E-state index contributed by atoms with van der Waals surface area (Å²) in [6, 6.07) is 0. The fraction of sp³-hybridized carbons (Fsp3) is 1.00. The van der Waals surface area contributed by atoms with E-state index in [-0.39, 0.29) is 6.10 Å². The van der Waals surface area contributed by atoms with Gasteiger partial charge in [0.25, 0.3) is 0 Å². The number of hydrogen-bond donors (Lipinski definition) is 2. The van der Waals surface area contributed by atoms with E-state index in [4.69, 9.17) is 11.0 Å². The van der Waals surface area contributed by atoms with Gasteiger partial charge in [0.2, 0.25) is 0 Å². The Labute approximate surface area is 49.4 Å². The van der Waals surface area contributed by atoms with Crippen LogP contribution < -0.4 is 5.90 Å². The molecule has 0 rings (SSSR count). The van der Waals surface area contributed by atoms with Crippen molar-refractivity contribution in [2.45, 2.75) is 32.5 Å². The lowest BCUT2D eigenvalue weighted by atomic mass is 10.2. The van der Waals surface area contributed by atoms with E-state index in [1.165, 1.54) is 0 Å². The second-order valence-corrected chi connectivity index (χ2v) is 1.82. The molecule has 0 heterocycles. The standard InChI is InChI=1S/C5H13NO2/c1-3-5(7)4(2)8-6/h4-5,7H,3,6H2,1-2H3/t4-,5+/m1/s1. The minimum atomic E-state index is -0.431. The van der Waals surface area contributed by atoms with Gasteiger partial charge in [-0.25, -0.2) is 5.90 Å². The lowest BCUT2D eigenvalue weighted by Gasteiger charge is -2.13. The van der Waals surface area contributed by atoms with Crippen LogP contribution in [0.15, 0.2) is 0 Å². The van der Waals surface area contributed by atoms with Gasteiger partial charge in [-0.2, -0.15) is 0 Å². The summed E-state index contributed by atoms with van der Waals surface area (Å²) >= 11 is 0. The normalized spacial score (nSPS) is 18.0. The molecule has 0 aliphatic heterocycles. The van der Waals surface area contributed by atoms with Gasteiger partial charge >= 0.3 is 0 Å². The first-order valence-electron chi connectivity index (χ1n) is 2.76. The minimum Gasteiger partial charge on any atom is -0.390 e. The third kappa shape index (κ3) is 2.26. The molecule has 0 fully saturated rings. The number of rotatable bonds is 3. The average Bonchev–Trinajstić information content (AvgIpc) is 1.84. The predicted octanol–water partition coefficient (Wildman–Crippen LogP) is 0.0361. The van der Waals surface area contributed by atoms with Gasteiger partial charge in [0, 0.05) is 0 Å². The van der Waals surface area contributed by atoms with Crippen molar-refractivity contribution < 1.29 is 9.94 Å². The highest BCUT2D eigenvalue weighted by Gasteiger charge is 2.09. The Morgan fingerprint density at radius 3 is 2.38 bits per heavy atom. The topological polar surface area (TPSA) is 55.5 Å². The average molecular weight is 119 g/mol. The molecule has 0 unspecified atom stereocenters. The van der Waals surface area contributed by atoms with E-state index in [0.717, 1.165) is 0 Å². The molecule has 3 nitrogen and oxygen atoms in total.